The molecule has 1 spiro atoms. The summed E-state index contributed by atoms with van der Waals surface area (Å²) < 4.78 is 17.9. The Balaban J connectivity index is 1.79. The van der Waals surface area contributed by atoms with E-state index < -0.39 is 17.7 Å². The highest BCUT2D eigenvalue weighted by atomic mass is 17.3. The predicted octanol–water partition coefficient (Wildman–Crippen LogP) is 2.84. The Kier molecular flexibility index (Phi) is 3.19. The van der Waals surface area contributed by atoms with Crippen molar-refractivity contribution in [3.8, 4) is 0 Å². The highest BCUT2D eigenvalue weighted by Crippen LogP contribution is 2.60. The maximum absolute atomic E-state index is 6.21. The Morgan fingerprint density at radius 3 is 2.62 bits per heavy atom. The summed E-state index contributed by atoms with van der Waals surface area (Å²) in [5.74, 6) is 0.953. The largest absolute Gasteiger partial charge is 0.355 e. The van der Waals surface area contributed by atoms with E-state index in [4.69, 9.17) is 24.0 Å². The van der Waals surface area contributed by atoms with Gasteiger partial charge in [0.25, 0.3) is 0 Å². The summed E-state index contributed by atoms with van der Waals surface area (Å²) in [5, 5.41) is 0. The summed E-state index contributed by atoms with van der Waals surface area (Å²) in [6, 6.07) is 0. The van der Waals surface area contributed by atoms with Gasteiger partial charge >= 0.3 is 0 Å². The molecule has 0 aromatic rings. The van der Waals surface area contributed by atoms with E-state index >= 15 is 0 Å². The van der Waals surface area contributed by atoms with Crippen molar-refractivity contribution in [3.05, 3.63) is 0 Å². The Morgan fingerprint density at radius 2 is 1.86 bits per heavy atom. The predicted molar refractivity (Wildman–Crippen MR) is 73.8 cm³/mol. The van der Waals surface area contributed by atoms with Crippen LogP contribution >= 0.6 is 0 Å². The molecule has 8 atom stereocenters. The molecular formula is C16H26O5. The van der Waals surface area contributed by atoms with Crippen LogP contribution in [0.15, 0.2) is 0 Å². The normalized spacial score (nSPS) is 59.4. The smallest absolute Gasteiger partial charge is 0.201 e. The fourth-order valence-electron chi connectivity index (χ4n) is 5.14. The standard InChI is InChI=1S/C16H26O5/c1-9-5-6-12-10(2)13(17-4)18-14-16(12)11(9)7-8-15(3,19-14)20-21-16/h9-14H,5-8H2,1-4H3/t9?,10-,11?,12?,13+,14-,15+,16-/m1/s1. The van der Waals surface area contributed by atoms with Crippen LogP contribution in [0, 0.1) is 23.7 Å². The second-order valence-electron chi connectivity index (χ2n) is 7.51. The average Bonchev–Trinajstić information content (AvgIpc) is 2.69. The van der Waals surface area contributed by atoms with E-state index in [1.165, 1.54) is 6.42 Å². The lowest BCUT2D eigenvalue weighted by Crippen LogP contribution is -2.70. The van der Waals surface area contributed by atoms with Crippen LogP contribution in [0.5, 0.6) is 0 Å². The highest BCUT2D eigenvalue weighted by Gasteiger charge is 2.69. The minimum atomic E-state index is -0.698. The second kappa shape index (κ2) is 4.65. The number of rotatable bonds is 1. The van der Waals surface area contributed by atoms with Gasteiger partial charge in [0.05, 0.1) is 0 Å². The molecule has 4 heterocycles. The molecule has 0 aromatic carbocycles. The first kappa shape index (κ1) is 14.4. The third kappa shape index (κ3) is 1.81. The number of fused-ring (bicyclic) bond motifs is 2. The second-order valence-corrected chi connectivity index (χ2v) is 7.51. The molecule has 0 N–H and O–H groups in total. The summed E-state index contributed by atoms with van der Waals surface area (Å²) in [6.07, 6.45) is 3.64. The molecule has 5 heteroatoms. The molecular weight excluding hydrogens is 272 g/mol. The van der Waals surface area contributed by atoms with Crippen LogP contribution in [0.4, 0.5) is 0 Å². The number of hydrogen-bond acceptors (Lipinski definition) is 5. The van der Waals surface area contributed by atoms with Gasteiger partial charge < -0.3 is 14.2 Å². The van der Waals surface area contributed by atoms with Gasteiger partial charge in [-0.2, -0.15) is 0 Å². The molecule has 5 aliphatic rings. The van der Waals surface area contributed by atoms with Crippen LogP contribution in [0.2, 0.25) is 0 Å². The minimum Gasteiger partial charge on any atom is -0.355 e. The summed E-state index contributed by atoms with van der Waals surface area (Å²) >= 11 is 0. The molecule has 4 saturated heterocycles. The zero-order valence-corrected chi connectivity index (χ0v) is 13.3. The van der Waals surface area contributed by atoms with Crippen molar-refractivity contribution < 1.29 is 24.0 Å². The molecule has 120 valence electrons. The van der Waals surface area contributed by atoms with E-state index in [0.29, 0.717) is 17.8 Å². The van der Waals surface area contributed by atoms with Crippen molar-refractivity contribution in [2.24, 2.45) is 23.7 Å². The number of methoxy groups -OCH3 is 1. The van der Waals surface area contributed by atoms with Crippen LogP contribution < -0.4 is 0 Å². The van der Waals surface area contributed by atoms with Gasteiger partial charge in [-0.05, 0) is 38.0 Å². The van der Waals surface area contributed by atoms with E-state index in [9.17, 15) is 0 Å². The lowest BCUT2D eigenvalue weighted by Gasteiger charge is -2.60. The van der Waals surface area contributed by atoms with E-state index in [1.807, 2.05) is 6.92 Å². The van der Waals surface area contributed by atoms with Gasteiger partial charge in [-0.3, -0.25) is 0 Å². The van der Waals surface area contributed by atoms with Crippen LogP contribution in [0.25, 0.3) is 0 Å². The number of ether oxygens (including phenoxy) is 3. The van der Waals surface area contributed by atoms with Crippen LogP contribution in [-0.2, 0) is 24.0 Å². The Bertz CT molecular complexity index is 429. The minimum absolute atomic E-state index is 0.230. The molecule has 1 saturated carbocycles. The Hall–Kier alpha value is -0.200. The third-order valence-electron chi connectivity index (χ3n) is 6.33. The highest BCUT2D eigenvalue weighted by molar-refractivity contribution is 5.08. The van der Waals surface area contributed by atoms with Gasteiger partial charge in [0, 0.05) is 25.4 Å². The quantitative estimate of drug-likeness (QED) is 0.697. The molecule has 5 rings (SSSR count). The lowest BCUT2D eigenvalue weighted by atomic mass is 9.58. The zero-order valence-electron chi connectivity index (χ0n) is 13.3. The zero-order chi connectivity index (χ0) is 14.8. The summed E-state index contributed by atoms with van der Waals surface area (Å²) in [6.45, 7) is 6.46. The summed E-state index contributed by atoms with van der Waals surface area (Å²) in [4.78, 5) is 11.8. The third-order valence-corrected chi connectivity index (χ3v) is 6.33. The fraction of sp³-hybridized carbons (Fsp3) is 1.00. The first-order valence-corrected chi connectivity index (χ1v) is 8.23. The van der Waals surface area contributed by atoms with Crippen molar-refractivity contribution in [2.75, 3.05) is 7.11 Å². The van der Waals surface area contributed by atoms with Gasteiger partial charge in [-0.15, -0.1) is 0 Å². The lowest BCUT2D eigenvalue weighted by molar-refractivity contribution is -0.577. The first-order valence-electron chi connectivity index (χ1n) is 8.23. The maximum Gasteiger partial charge on any atom is 0.201 e. The molecule has 5 nitrogen and oxygen atoms in total. The van der Waals surface area contributed by atoms with Gasteiger partial charge in [0.15, 0.2) is 18.2 Å². The average molecular weight is 298 g/mol. The van der Waals surface area contributed by atoms with E-state index in [0.717, 1.165) is 19.3 Å². The fourth-order valence-corrected chi connectivity index (χ4v) is 5.14. The molecule has 0 amide bonds. The summed E-state index contributed by atoms with van der Waals surface area (Å²) in [5.41, 5.74) is -0.470. The van der Waals surface area contributed by atoms with Crippen molar-refractivity contribution >= 4 is 0 Å². The maximum atomic E-state index is 6.21. The SMILES string of the molecule is CO[C@H]1O[C@@H]2O[C@]3(C)CCC4C(C)CCC([C@H]1C)[C@]42OO3. The summed E-state index contributed by atoms with van der Waals surface area (Å²) in [7, 11) is 1.70. The molecule has 4 aliphatic heterocycles. The van der Waals surface area contributed by atoms with E-state index in [1.54, 1.807) is 7.11 Å². The monoisotopic (exact) mass is 298 g/mol. The molecule has 2 bridgehead atoms. The van der Waals surface area contributed by atoms with E-state index in [-0.39, 0.29) is 12.2 Å². The molecule has 5 fully saturated rings. The molecule has 3 unspecified atom stereocenters. The van der Waals surface area contributed by atoms with Crippen molar-refractivity contribution in [2.45, 2.75) is 70.4 Å². The van der Waals surface area contributed by atoms with Gasteiger partial charge in [0.1, 0.15) is 0 Å². The van der Waals surface area contributed by atoms with Crippen molar-refractivity contribution in [3.63, 3.8) is 0 Å². The molecule has 1 aliphatic carbocycles. The van der Waals surface area contributed by atoms with Crippen LogP contribution in [-0.4, -0.2) is 31.1 Å². The number of hydrogen-bond donors (Lipinski definition) is 0. The van der Waals surface area contributed by atoms with Crippen LogP contribution in [0.3, 0.4) is 0 Å². The van der Waals surface area contributed by atoms with Gasteiger partial charge in [0.2, 0.25) is 5.79 Å². The van der Waals surface area contributed by atoms with Crippen LogP contribution in [0.1, 0.15) is 46.5 Å². The Morgan fingerprint density at radius 1 is 1.05 bits per heavy atom. The molecule has 0 aromatic heterocycles. The first-order chi connectivity index (χ1) is 10.00. The molecule has 21 heavy (non-hydrogen) atoms. The topological polar surface area (TPSA) is 46.2 Å². The van der Waals surface area contributed by atoms with E-state index in [2.05, 4.69) is 13.8 Å². The van der Waals surface area contributed by atoms with Gasteiger partial charge in [-0.25, -0.2) is 9.78 Å². The van der Waals surface area contributed by atoms with Crippen molar-refractivity contribution in [1.82, 2.24) is 0 Å². The van der Waals surface area contributed by atoms with Crippen molar-refractivity contribution in [1.29, 1.82) is 0 Å². The molecule has 0 radical (unpaired) electrons. The van der Waals surface area contributed by atoms with Gasteiger partial charge in [-0.1, -0.05) is 13.8 Å². The Labute approximate surface area is 126 Å².